The van der Waals surface area contributed by atoms with Crippen molar-refractivity contribution in [1.82, 2.24) is 15.5 Å². The number of aliphatic hydroxyl groups is 1. The van der Waals surface area contributed by atoms with Crippen molar-refractivity contribution in [2.45, 2.75) is 61.7 Å². The van der Waals surface area contributed by atoms with Crippen LogP contribution in [0, 0.1) is 17.8 Å². The van der Waals surface area contributed by atoms with Gasteiger partial charge in [-0.25, -0.2) is 0 Å². The standard InChI is InChI=1S/C24H33N3O4S/c1-14(2)16(13-28)27-19(21(30)26-12-15-8-6-5-7-9-15)24-11-10-23(3,32-24)17(20(29)25-4)18(24)22(27)31/h5-9,14,16-19,28H,10-13H2,1-4H3,(H,25,29)(H,26,30)/t16-,17-,18-,19?,23+,24?/m0/s1. The molecular formula is C24H33N3O4S. The zero-order valence-electron chi connectivity index (χ0n) is 19.1. The molecule has 3 amide bonds. The Morgan fingerprint density at radius 2 is 1.91 bits per heavy atom. The molecule has 1 aromatic rings. The Labute approximate surface area is 193 Å². The summed E-state index contributed by atoms with van der Waals surface area (Å²) in [6.45, 7) is 6.08. The summed E-state index contributed by atoms with van der Waals surface area (Å²) in [6, 6.07) is 8.47. The summed E-state index contributed by atoms with van der Waals surface area (Å²) < 4.78 is -1.04. The van der Waals surface area contributed by atoms with E-state index in [1.807, 2.05) is 51.1 Å². The lowest BCUT2D eigenvalue weighted by molar-refractivity contribution is -0.144. The maximum Gasteiger partial charge on any atom is 0.244 e. The first-order chi connectivity index (χ1) is 15.2. The predicted octanol–water partition coefficient (Wildman–Crippen LogP) is 1.55. The molecule has 8 heteroatoms. The molecule has 3 aliphatic rings. The molecule has 0 aromatic heterocycles. The van der Waals surface area contributed by atoms with Crippen molar-refractivity contribution in [3.63, 3.8) is 0 Å². The van der Waals surface area contributed by atoms with E-state index in [-0.39, 0.29) is 35.0 Å². The molecule has 32 heavy (non-hydrogen) atoms. The number of nitrogens with one attached hydrogen (secondary N) is 2. The van der Waals surface area contributed by atoms with Gasteiger partial charge in [0.2, 0.25) is 17.7 Å². The van der Waals surface area contributed by atoms with Gasteiger partial charge in [-0.05, 0) is 31.2 Å². The molecular weight excluding hydrogens is 426 g/mol. The topological polar surface area (TPSA) is 98.7 Å². The molecule has 4 rings (SSSR count). The molecule has 3 N–H and O–H groups in total. The van der Waals surface area contributed by atoms with Crippen molar-refractivity contribution in [3.05, 3.63) is 35.9 Å². The largest absolute Gasteiger partial charge is 0.394 e. The van der Waals surface area contributed by atoms with E-state index in [4.69, 9.17) is 0 Å². The zero-order chi connectivity index (χ0) is 23.3. The highest BCUT2D eigenvalue weighted by molar-refractivity contribution is 8.02. The number of rotatable bonds is 7. The van der Waals surface area contributed by atoms with E-state index in [9.17, 15) is 19.5 Å². The third kappa shape index (κ3) is 3.34. The molecule has 2 bridgehead atoms. The van der Waals surface area contributed by atoms with Crippen LogP contribution in [-0.2, 0) is 20.9 Å². The van der Waals surface area contributed by atoms with Crippen molar-refractivity contribution >= 4 is 29.5 Å². The lowest BCUT2D eigenvalue weighted by atomic mass is 9.66. The third-order valence-electron chi connectivity index (χ3n) is 7.62. The number of thioether (sulfide) groups is 1. The minimum Gasteiger partial charge on any atom is -0.394 e. The highest BCUT2D eigenvalue weighted by Crippen LogP contribution is 2.71. The minimum atomic E-state index is -0.718. The van der Waals surface area contributed by atoms with Gasteiger partial charge >= 0.3 is 0 Å². The van der Waals surface area contributed by atoms with Gasteiger partial charge in [-0.2, -0.15) is 0 Å². The predicted molar refractivity (Wildman–Crippen MR) is 124 cm³/mol. The number of likely N-dealkylation sites (tertiary alicyclic amines) is 1. The van der Waals surface area contributed by atoms with Crippen LogP contribution in [-0.4, -0.2) is 63.0 Å². The minimum absolute atomic E-state index is 0.0279. The molecule has 1 aromatic carbocycles. The van der Waals surface area contributed by atoms with Crippen LogP contribution in [0.25, 0.3) is 0 Å². The summed E-state index contributed by atoms with van der Waals surface area (Å²) in [5.41, 5.74) is 0.979. The second-order valence-corrected chi connectivity index (χ2v) is 11.7. The second-order valence-electron chi connectivity index (χ2n) is 9.78. The lowest BCUT2D eigenvalue weighted by Gasteiger charge is -2.38. The molecule has 2 unspecified atom stereocenters. The Kier molecular flexibility index (Phi) is 6.05. The Bertz CT molecular complexity index is 910. The van der Waals surface area contributed by atoms with Gasteiger partial charge in [0, 0.05) is 18.3 Å². The van der Waals surface area contributed by atoms with Crippen molar-refractivity contribution in [2.75, 3.05) is 13.7 Å². The molecule has 0 aliphatic carbocycles. The SMILES string of the molecule is CNC(=O)[C@@H]1[C@H]2C(=O)N([C@@H](CO)C(C)C)C(C(=O)NCc3ccccc3)C23CC[C@@]1(C)S3. The Morgan fingerprint density at radius 1 is 1.22 bits per heavy atom. The van der Waals surface area contributed by atoms with Crippen LogP contribution in [0.1, 0.15) is 39.2 Å². The number of amides is 3. The van der Waals surface area contributed by atoms with E-state index < -0.39 is 28.7 Å². The summed E-state index contributed by atoms with van der Waals surface area (Å²) in [4.78, 5) is 42.1. The number of hydrogen-bond donors (Lipinski definition) is 3. The van der Waals surface area contributed by atoms with Crippen LogP contribution in [0.3, 0.4) is 0 Å². The number of carbonyl (C=O) groups is 3. The van der Waals surface area contributed by atoms with Crippen LogP contribution in [0.15, 0.2) is 30.3 Å². The third-order valence-corrected chi connectivity index (χ3v) is 9.60. The molecule has 3 aliphatic heterocycles. The van der Waals surface area contributed by atoms with Crippen LogP contribution in [0.4, 0.5) is 0 Å². The smallest absolute Gasteiger partial charge is 0.244 e. The van der Waals surface area contributed by atoms with Crippen molar-refractivity contribution in [2.24, 2.45) is 17.8 Å². The van der Waals surface area contributed by atoms with Crippen molar-refractivity contribution < 1.29 is 19.5 Å². The first kappa shape index (κ1) is 23.1. The van der Waals surface area contributed by atoms with Gasteiger partial charge in [-0.1, -0.05) is 44.2 Å². The van der Waals surface area contributed by atoms with Gasteiger partial charge < -0.3 is 20.6 Å². The van der Waals surface area contributed by atoms with Gasteiger partial charge in [0.05, 0.1) is 29.2 Å². The van der Waals surface area contributed by atoms with Gasteiger partial charge in [-0.15, -0.1) is 11.8 Å². The number of fused-ring (bicyclic) bond motifs is 1. The highest BCUT2D eigenvalue weighted by Gasteiger charge is 2.77. The van der Waals surface area contributed by atoms with Crippen LogP contribution in [0.2, 0.25) is 0 Å². The van der Waals surface area contributed by atoms with Crippen molar-refractivity contribution in [3.8, 4) is 0 Å². The molecule has 0 saturated carbocycles. The van der Waals surface area contributed by atoms with E-state index in [0.29, 0.717) is 13.0 Å². The fourth-order valence-electron chi connectivity index (χ4n) is 6.08. The highest BCUT2D eigenvalue weighted by atomic mass is 32.2. The molecule has 3 fully saturated rings. The zero-order valence-corrected chi connectivity index (χ0v) is 19.9. The summed E-state index contributed by atoms with van der Waals surface area (Å²) in [5, 5.41) is 16.0. The molecule has 6 atom stereocenters. The summed E-state index contributed by atoms with van der Waals surface area (Å²) in [5.74, 6) is -1.61. The molecule has 7 nitrogen and oxygen atoms in total. The first-order valence-corrected chi connectivity index (χ1v) is 12.2. The fourth-order valence-corrected chi connectivity index (χ4v) is 8.42. The number of carbonyl (C=O) groups excluding carboxylic acids is 3. The fraction of sp³-hybridized carbons (Fsp3) is 0.625. The van der Waals surface area contributed by atoms with E-state index in [1.54, 1.807) is 23.7 Å². The summed E-state index contributed by atoms with van der Waals surface area (Å²) in [7, 11) is 1.60. The quantitative estimate of drug-likeness (QED) is 0.575. The number of nitrogens with zero attached hydrogens (tertiary/aromatic N) is 1. The number of hydrogen-bond acceptors (Lipinski definition) is 5. The van der Waals surface area contributed by atoms with Gasteiger partial charge in [-0.3, -0.25) is 14.4 Å². The summed E-state index contributed by atoms with van der Waals surface area (Å²) in [6.07, 6.45) is 1.48. The molecule has 1 spiro atoms. The van der Waals surface area contributed by atoms with Gasteiger partial charge in [0.15, 0.2) is 0 Å². The molecule has 3 saturated heterocycles. The number of aliphatic hydroxyl groups excluding tert-OH is 1. The van der Waals surface area contributed by atoms with Crippen molar-refractivity contribution in [1.29, 1.82) is 0 Å². The van der Waals surface area contributed by atoms with Crippen LogP contribution in [0.5, 0.6) is 0 Å². The molecule has 3 heterocycles. The van der Waals surface area contributed by atoms with E-state index in [0.717, 1.165) is 12.0 Å². The van der Waals surface area contributed by atoms with Crippen LogP contribution >= 0.6 is 11.8 Å². The maximum absolute atomic E-state index is 13.9. The Hall–Kier alpha value is -2.06. The van der Waals surface area contributed by atoms with E-state index >= 15 is 0 Å². The average molecular weight is 460 g/mol. The van der Waals surface area contributed by atoms with Crippen LogP contribution < -0.4 is 10.6 Å². The molecule has 174 valence electrons. The van der Waals surface area contributed by atoms with Gasteiger partial charge in [0.25, 0.3) is 0 Å². The lowest BCUT2D eigenvalue weighted by Crippen LogP contribution is -2.57. The Morgan fingerprint density at radius 3 is 2.50 bits per heavy atom. The second kappa shape index (κ2) is 8.37. The average Bonchev–Trinajstić information content (AvgIpc) is 3.34. The van der Waals surface area contributed by atoms with E-state index in [2.05, 4.69) is 10.6 Å². The monoisotopic (exact) mass is 459 g/mol. The molecule has 0 radical (unpaired) electrons. The van der Waals surface area contributed by atoms with E-state index in [1.165, 1.54) is 0 Å². The number of benzene rings is 1. The Balaban J connectivity index is 1.73. The summed E-state index contributed by atoms with van der Waals surface area (Å²) >= 11 is 1.64. The maximum atomic E-state index is 13.9. The normalized spacial score (nSPS) is 34.0. The first-order valence-electron chi connectivity index (χ1n) is 11.4. The van der Waals surface area contributed by atoms with Gasteiger partial charge in [0.1, 0.15) is 6.04 Å².